The highest BCUT2D eigenvalue weighted by Gasteiger charge is 2.13. The molecule has 24 heavy (non-hydrogen) atoms. The van der Waals surface area contributed by atoms with Crippen LogP contribution in [0, 0.1) is 0 Å². The standard InChI is InChI=1S/C18H15Cl2NO3/c1-12(22)21-17(10-13-5-3-2-4-6-13)18(23)24-11-14-7-8-15(19)16(20)9-14/h2-10H,11H2,1H3,(H,21,22)/b17-10-. The summed E-state index contributed by atoms with van der Waals surface area (Å²) in [4.78, 5) is 23.6. The van der Waals surface area contributed by atoms with Crippen LogP contribution < -0.4 is 5.32 Å². The highest BCUT2D eigenvalue weighted by atomic mass is 35.5. The van der Waals surface area contributed by atoms with E-state index in [0.717, 1.165) is 5.56 Å². The first-order chi connectivity index (χ1) is 11.5. The van der Waals surface area contributed by atoms with Crippen LogP contribution in [0.4, 0.5) is 0 Å². The molecule has 0 fully saturated rings. The lowest BCUT2D eigenvalue weighted by Gasteiger charge is -2.09. The Morgan fingerprint density at radius 1 is 1.08 bits per heavy atom. The molecule has 0 saturated carbocycles. The molecule has 6 heteroatoms. The Bertz CT molecular complexity index is 773. The average molecular weight is 364 g/mol. The normalized spacial score (nSPS) is 11.0. The Morgan fingerprint density at radius 3 is 2.42 bits per heavy atom. The predicted octanol–water partition coefficient (Wildman–Crippen LogP) is 4.21. The van der Waals surface area contributed by atoms with Gasteiger partial charge in [0.25, 0.3) is 0 Å². The number of ether oxygens (including phenoxy) is 1. The Kier molecular flexibility index (Phi) is 6.41. The van der Waals surface area contributed by atoms with Crippen molar-refractivity contribution in [2.24, 2.45) is 0 Å². The molecule has 0 aliphatic carbocycles. The average Bonchev–Trinajstić information content (AvgIpc) is 2.55. The molecule has 2 aromatic carbocycles. The largest absolute Gasteiger partial charge is 0.456 e. The number of esters is 1. The molecule has 0 aliphatic heterocycles. The van der Waals surface area contributed by atoms with Gasteiger partial charge < -0.3 is 10.1 Å². The molecule has 1 N–H and O–H groups in total. The summed E-state index contributed by atoms with van der Waals surface area (Å²) in [5.74, 6) is -0.996. The van der Waals surface area contributed by atoms with Crippen molar-refractivity contribution in [1.82, 2.24) is 5.32 Å². The second-order valence-corrected chi connectivity index (χ2v) is 5.79. The van der Waals surface area contributed by atoms with Crippen LogP contribution in [0.5, 0.6) is 0 Å². The third kappa shape index (κ3) is 5.41. The number of carbonyl (C=O) groups excluding carboxylic acids is 2. The van der Waals surface area contributed by atoms with Crippen LogP contribution >= 0.6 is 23.2 Å². The lowest BCUT2D eigenvalue weighted by atomic mass is 10.2. The molecule has 0 heterocycles. The van der Waals surface area contributed by atoms with Gasteiger partial charge in [0.1, 0.15) is 12.3 Å². The molecule has 4 nitrogen and oxygen atoms in total. The molecular formula is C18H15Cl2NO3. The molecule has 0 aromatic heterocycles. The van der Waals surface area contributed by atoms with Crippen molar-refractivity contribution in [1.29, 1.82) is 0 Å². The van der Waals surface area contributed by atoms with E-state index in [0.29, 0.717) is 15.6 Å². The van der Waals surface area contributed by atoms with E-state index in [2.05, 4.69) is 5.32 Å². The van der Waals surface area contributed by atoms with E-state index in [9.17, 15) is 9.59 Å². The van der Waals surface area contributed by atoms with Crippen molar-refractivity contribution in [2.45, 2.75) is 13.5 Å². The van der Waals surface area contributed by atoms with Crippen molar-refractivity contribution >= 4 is 41.2 Å². The first-order valence-corrected chi connectivity index (χ1v) is 7.86. The number of rotatable bonds is 5. The number of nitrogens with one attached hydrogen (secondary N) is 1. The SMILES string of the molecule is CC(=O)N/C(=C\c1ccccc1)C(=O)OCc1ccc(Cl)c(Cl)c1. The lowest BCUT2D eigenvalue weighted by molar-refractivity contribution is -0.141. The van der Waals surface area contributed by atoms with Crippen LogP contribution in [0.3, 0.4) is 0 Å². The number of hydrogen-bond acceptors (Lipinski definition) is 3. The molecule has 0 unspecified atom stereocenters. The molecule has 0 aliphatic rings. The molecule has 2 rings (SSSR count). The lowest BCUT2D eigenvalue weighted by Crippen LogP contribution is -2.26. The van der Waals surface area contributed by atoms with Crippen LogP contribution in [0.25, 0.3) is 6.08 Å². The van der Waals surface area contributed by atoms with Crippen molar-refractivity contribution in [2.75, 3.05) is 0 Å². The zero-order chi connectivity index (χ0) is 17.5. The molecule has 0 bridgehead atoms. The van der Waals surface area contributed by atoms with E-state index < -0.39 is 5.97 Å². The highest BCUT2D eigenvalue weighted by molar-refractivity contribution is 6.42. The molecule has 0 atom stereocenters. The summed E-state index contributed by atoms with van der Waals surface area (Å²) in [6, 6.07) is 14.1. The maximum atomic E-state index is 12.2. The van der Waals surface area contributed by atoms with Gasteiger partial charge in [-0.05, 0) is 29.3 Å². The Hall–Kier alpha value is -2.30. The van der Waals surface area contributed by atoms with E-state index in [1.807, 2.05) is 30.3 Å². The van der Waals surface area contributed by atoms with Crippen molar-refractivity contribution in [3.8, 4) is 0 Å². The third-order valence-electron chi connectivity index (χ3n) is 3.00. The maximum absolute atomic E-state index is 12.2. The summed E-state index contributed by atoms with van der Waals surface area (Å²) >= 11 is 11.8. The quantitative estimate of drug-likeness (QED) is 0.639. The van der Waals surface area contributed by atoms with Gasteiger partial charge in [-0.1, -0.05) is 59.6 Å². The summed E-state index contributed by atoms with van der Waals surface area (Å²) in [5.41, 5.74) is 1.53. The molecule has 0 spiro atoms. The van der Waals surface area contributed by atoms with Gasteiger partial charge in [0.15, 0.2) is 0 Å². The molecular weight excluding hydrogens is 349 g/mol. The first kappa shape index (κ1) is 18.0. The summed E-state index contributed by atoms with van der Waals surface area (Å²) < 4.78 is 5.23. The van der Waals surface area contributed by atoms with Crippen LogP contribution in [0.2, 0.25) is 10.0 Å². The van der Waals surface area contributed by atoms with Gasteiger partial charge in [-0.2, -0.15) is 0 Å². The summed E-state index contributed by atoms with van der Waals surface area (Å²) in [6.45, 7) is 1.34. The fourth-order valence-corrected chi connectivity index (χ4v) is 2.23. The number of hydrogen-bond donors (Lipinski definition) is 1. The topological polar surface area (TPSA) is 55.4 Å². The summed E-state index contributed by atoms with van der Waals surface area (Å²) in [5, 5.41) is 3.29. The van der Waals surface area contributed by atoms with Crippen molar-refractivity contribution < 1.29 is 14.3 Å². The second kappa shape index (κ2) is 8.52. The third-order valence-corrected chi connectivity index (χ3v) is 3.73. The minimum atomic E-state index is -0.639. The molecule has 0 saturated heterocycles. The summed E-state index contributed by atoms with van der Waals surface area (Å²) in [7, 11) is 0. The first-order valence-electron chi connectivity index (χ1n) is 7.11. The molecule has 124 valence electrons. The van der Waals surface area contributed by atoms with Gasteiger partial charge in [-0.25, -0.2) is 4.79 Å². The number of amides is 1. The number of benzene rings is 2. The Morgan fingerprint density at radius 2 is 1.79 bits per heavy atom. The van der Waals surface area contributed by atoms with E-state index in [-0.39, 0.29) is 18.2 Å². The van der Waals surface area contributed by atoms with Gasteiger partial charge in [-0.15, -0.1) is 0 Å². The monoisotopic (exact) mass is 363 g/mol. The Labute approximate surface area is 150 Å². The minimum Gasteiger partial charge on any atom is -0.456 e. The van der Waals surface area contributed by atoms with Gasteiger partial charge in [0.05, 0.1) is 10.0 Å². The van der Waals surface area contributed by atoms with Gasteiger partial charge >= 0.3 is 5.97 Å². The maximum Gasteiger partial charge on any atom is 0.355 e. The van der Waals surface area contributed by atoms with Crippen molar-refractivity contribution in [3.63, 3.8) is 0 Å². The van der Waals surface area contributed by atoms with Crippen LogP contribution in [-0.2, 0) is 20.9 Å². The van der Waals surface area contributed by atoms with Crippen molar-refractivity contribution in [3.05, 3.63) is 75.4 Å². The van der Waals surface area contributed by atoms with Crippen LogP contribution in [-0.4, -0.2) is 11.9 Å². The second-order valence-electron chi connectivity index (χ2n) is 4.97. The minimum absolute atomic E-state index is 0.0153. The van der Waals surface area contributed by atoms with Crippen LogP contribution in [0.1, 0.15) is 18.1 Å². The van der Waals surface area contributed by atoms with Gasteiger partial charge in [-0.3, -0.25) is 4.79 Å². The van der Waals surface area contributed by atoms with E-state index in [1.165, 1.54) is 6.92 Å². The number of carbonyl (C=O) groups is 2. The van der Waals surface area contributed by atoms with Crippen LogP contribution in [0.15, 0.2) is 54.2 Å². The van der Waals surface area contributed by atoms with Gasteiger partial charge in [0, 0.05) is 6.92 Å². The Balaban J connectivity index is 2.11. The molecule has 0 radical (unpaired) electrons. The number of halogens is 2. The fraction of sp³-hybridized carbons (Fsp3) is 0.111. The summed E-state index contributed by atoms with van der Waals surface area (Å²) in [6.07, 6.45) is 1.55. The van der Waals surface area contributed by atoms with E-state index in [4.69, 9.17) is 27.9 Å². The van der Waals surface area contributed by atoms with E-state index >= 15 is 0 Å². The smallest absolute Gasteiger partial charge is 0.355 e. The molecule has 2 aromatic rings. The fourth-order valence-electron chi connectivity index (χ4n) is 1.91. The predicted molar refractivity (Wildman–Crippen MR) is 94.5 cm³/mol. The zero-order valence-electron chi connectivity index (χ0n) is 12.9. The highest BCUT2D eigenvalue weighted by Crippen LogP contribution is 2.23. The molecule has 1 amide bonds. The zero-order valence-corrected chi connectivity index (χ0v) is 14.4. The van der Waals surface area contributed by atoms with E-state index in [1.54, 1.807) is 24.3 Å². The van der Waals surface area contributed by atoms with Gasteiger partial charge in [0.2, 0.25) is 5.91 Å².